The molecule has 2 heterocycles. The summed E-state index contributed by atoms with van der Waals surface area (Å²) in [5.41, 5.74) is 0. The number of hydrogen-bond donors (Lipinski definition) is 3. The Balaban J connectivity index is 2.19. The third-order valence-electron chi connectivity index (χ3n) is 1.90. The molecule has 0 aromatic heterocycles. The summed E-state index contributed by atoms with van der Waals surface area (Å²) < 4.78 is 0. The Morgan fingerprint density at radius 3 is 2.82 bits per heavy atom. The van der Waals surface area contributed by atoms with Crippen LogP contribution in [0.3, 0.4) is 0 Å². The Kier molecular flexibility index (Phi) is 1.19. The van der Waals surface area contributed by atoms with Crippen molar-refractivity contribution in [2.75, 3.05) is 7.05 Å². The van der Waals surface area contributed by atoms with Crippen molar-refractivity contribution < 1.29 is 4.79 Å². The van der Waals surface area contributed by atoms with Crippen molar-refractivity contribution in [3.05, 3.63) is 0 Å². The van der Waals surface area contributed by atoms with E-state index < -0.39 is 0 Å². The van der Waals surface area contributed by atoms with E-state index in [1.807, 2.05) is 0 Å². The van der Waals surface area contributed by atoms with Gasteiger partial charge in [0.25, 0.3) is 0 Å². The predicted octanol–water partition coefficient (Wildman–Crippen LogP) is -1.23. The fourth-order valence-corrected chi connectivity index (χ4v) is 1.52. The minimum absolute atomic E-state index is 0.0324. The lowest BCUT2D eigenvalue weighted by Gasteiger charge is -2.14. The van der Waals surface area contributed by atoms with Crippen molar-refractivity contribution >= 4 is 23.4 Å². The largest absolute Gasteiger partial charge is 0.339 e. The average Bonchev–Trinajstić information content (AvgIpc) is 2.37. The number of urea groups is 1. The zero-order chi connectivity index (χ0) is 8.01. The summed E-state index contributed by atoms with van der Waals surface area (Å²) in [6.07, 6.45) is -0.102. The van der Waals surface area contributed by atoms with Gasteiger partial charge in [-0.05, 0) is 12.2 Å². The maximum atomic E-state index is 11.0. The molecule has 2 saturated heterocycles. The molecule has 0 aliphatic carbocycles. The average molecular weight is 172 g/mol. The normalized spacial score (nSPS) is 34.5. The summed E-state index contributed by atoms with van der Waals surface area (Å²) in [4.78, 5) is 12.6. The smallest absolute Gasteiger partial charge is 0.320 e. The van der Waals surface area contributed by atoms with Crippen LogP contribution >= 0.6 is 12.2 Å². The number of rotatable bonds is 0. The molecule has 0 radical (unpaired) electrons. The third kappa shape index (κ3) is 0.823. The summed E-state index contributed by atoms with van der Waals surface area (Å²) in [6, 6.07) is -0.0810. The van der Waals surface area contributed by atoms with Gasteiger partial charge in [0.2, 0.25) is 0 Å². The molecule has 2 fully saturated rings. The number of fused-ring (bicyclic) bond motifs is 1. The van der Waals surface area contributed by atoms with Gasteiger partial charge in [0, 0.05) is 7.05 Å². The molecule has 2 aliphatic heterocycles. The fraction of sp³-hybridized carbons (Fsp3) is 0.600. The van der Waals surface area contributed by atoms with Crippen LogP contribution in [0.5, 0.6) is 0 Å². The van der Waals surface area contributed by atoms with Crippen LogP contribution < -0.4 is 16.0 Å². The van der Waals surface area contributed by atoms with Gasteiger partial charge in [0.1, 0.15) is 12.3 Å². The number of amides is 2. The van der Waals surface area contributed by atoms with E-state index in [1.54, 1.807) is 11.9 Å². The molecule has 0 saturated carbocycles. The van der Waals surface area contributed by atoms with Crippen LogP contribution in [0.15, 0.2) is 0 Å². The Labute approximate surface area is 69.1 Å². The van der Waals surface area contributed by atoms with Gasteiger partial charge in [-0.2, -0.15) is 0 Å². The molecule has 0 spiro atoms. The molecule has 0 bridgehead atoms. The van der Waals surface area contributed by atoms with Gasteiger partial charge in [-0.15, -0.1) is 0 Å². The highest BCUT2D eigenvalue weighted by Crippen LogP contribution is 2.10. The van der Waals surface area contributed by atoms with Crippen LogP contribution in [-0.4, -0.2) is 35.4 Å². The van der Waals surface area contributed by atoms with Crippen LogP contribution in [0.4, 0.5) is 4.79 Å². The number of carbonyl (C=O) groups excluding carboxylic acids is 1. The zero-order valence-electron chi connectivity index (χ0n) is 5.92. The molecule has 5 nitrogen and oxygen atoms in total. The summed E-state index contributed by atoms with van der Waals surface area (Å²) in [5.74, 6) is 0. The SMILES string of the molecule is CN1C(=O)N[C@@H]2NC(=S)N[C@H]21. The van der Waals surface area contributed by atoms with E-state index in [0.29, 0.717) is 5.11 Å². The Bertz CT molecular complexity index is 231. The van der Waals surface area contributed by atoms with E-state index in [9.17, 15) is 4.79 Å². The van der Waals surface area contributed by atoms with E-state index in [2.05, 4.69) is 16.0 Å². The maximum absolute atomic E-state index is 11.0. The van der Waals surface area contributed by atoms with Crippen LogP contribution in [0.2, 0.25) is 0 Å². The van der Waals surface area contributed by atoms with Gasteiger partial charge >= 0.3 is 6.03 Å². The van der Waals surface area contributed by atoms with Crippen LogP contribution in [0.25, 0.3) is 0 Å². The van der Waals surface area contributed by atoms with E-state index in [1.165, 1.54) is 0 Å². The van der Waals surface area contributed by atoms with Crippen molar-refractivity contribution in [2.24, 2.45) is 0 Å². The van der Waals surface area contributed by atoms with Crippen molar-refractivity contribution in [1.29, 1.82) is 0 Å². The van der Waals surface area contributed by atoms with E-state index in [0.717, 1.165) is 0 Å². The van der Waals surface area contributed by atoms with Crippen molar-refractivity contribution in [1.82, 2.24) is 20.9 Å². The molecule has 0 aromatic rings. The van der Waals surface area contributed by atoms with Crippen molar-refractivity contribution in [3.63, 3.8) is 0 Å². The molecule has 3 N–H and O–H groups in total. The Morgan fingerprint density at radius 2 is 2.18 bits per heavy atom. The first-order valence-corrected chi connectivity index (χ1v) is 3.69. The van der Waals surface area contributed by atoms with Gasteiger partial charge in [-0.1, -0.05) is 0 Å². The minimum Gasteiger partial charge on any atom is -0.339 e. The molecule has 11 heavy (non-hydrogen) atoms. The highest BCUT2D eigenvalue weighted by atomic mass is 32.1. The number of nitrogens with zero attached hydrogens (tertiary/aromatic N) is 1. The second-order valence-corrected chi connectivity index (χ2v) is 3.01. The first-order chi connectivity index (χ1) is 5.18. The number of nitrogens with one attached hydrogen (secondary N) is 3. The molecule has 2 rings (SSSR count). The molecule has 0 aromatic carbocycles. The quantitative estimate of drug-likeness (QED) is 0.401. The first-order valence-electron chi connectivity index (χ1n) is 3.29. The number of thiocarbonyl (C=S) groups is 1. The Hall–Kier alpha value is -1.04. The lowest BCUT2D eigenvalue weighted by Crippen LogP contribution is -2.40. The number of hydrogen-bond acceptors (Lipinski definition) is 2. The predicted molar refractivity (Wildman–Crippen MR) is 42.7 cm³/mol. The number of likely N-dealkylation sites (N-methyl/N-ethyl adjacent to an activating group) is 1. The molecule has 0 unspecified atom stereocenters. The van der Waals surface area contributed by atoms with Crippen molar-refractivity contribution in [3.8, 4) is 0 Å². The van der Waals surface area contributed by atoms with E-state index in [4.69, 9.17) is 12.2 Å². The van der Waals surface area contributed by atoms with Gasteiger partial charge in [0.15, 0.2) is 5.11 Å². The fourth-order valence-electron chi connectivity index (χ4n) is 1.28. The monoisotopic (exact) mass is 172 g/mol. The Morgan fingerprint density at radius 1 is 1.45 bits per heavy atom. The summed E-state index contributed by atoms with van der Waals surface area (Å²) in [7, 11) is 1.72. The van der Waals surface area contributed by atoms with Crippen LogP contribution in [0, 0.1) is 0 Å². The third-order valence-corrected chi connectivity index (χ3v) is 2.13. The molecule has 60 valence electrons. The minimum atomic E-state index is -0.0810. The standard InChI is InChI=1S/C5H8N4OS/c1-9-3-2(7-5(9)10)6-4(11)8-3/h2-3H,1H3,(H,7,10)(H2,6,8,11)/t2-,3-/m0/s1. The summed E-state index contributed by atoms with van der Waals surface area (Å²) >= 11 is 4.86. The molecule has 2 atom stereocenters. The van der Waals surface area contributed by atoms with Crippen molar-refractivity contribution in [2.45, 2.75) is 12.3 Å². The lowest BCUT2D eigenvalue weighted by molar-refractivity contribution is 0.214. The van der Waals surface area contributed by atoms with E-state index in [-0.39, 0.29) is 18.4 Å². The van der Waals surface area contributed by atoms with Gasteiger partial charge in [-0.3, -0.25) is 0 Å². The number of carbonyl (C=O) groups is 1. The topological polar surface area (TPSA) is 56.4 Å². The van der Waals surface area contributed by atoms with Gasteiger partial charge in [0.05, 0.1) is 0 Å². The highest BCUT2D eigenvalue weighted by molar-refractivity contribution is 7.80. The molecular formula is C5H8N4OS. The van der Waals surface area contributed by atoms with Gasteiger partial charge < -0.3 is 20.9 Å². The second-order valence-electron chi connectivity index (χ2n) is 2.60. The van der Waals surface area contributed by atoms with Crippen LogP contribution in [0.1, 0.15) is 0 Å². The molecule has 6 heteroatoms. The molecule has 2 amide bonds. The maximum Gasteiger partial charge on any atom is 0.320 e. The zero-order valence-corrected chi connectivity index (χ0v) is 6.73. The lowest BCUT2D eigenvalue weighted by atomic mass is 10.4. The highest BCUT2D eigenvalue weighted by Gasteiger charge is 2.41. The molecule has 2 aliphatic rings. The van der Waals surface area contributed by atoms with E-state index >= 15 is 0 Å². The first kappa shape index (κ1) is 6.66. The van der Waals surface area contributed by atoms with Gasteiger partial charge in [-0.25, -0.2) is 4.79 Å². The summed E-state index contributed by atoms with van der Waals surface area (Å²) in [5, 5.41) is 9.19. The van der Waals surface area contributed by atoms with Crippen LogP contribution in [-0.2, 0) is 0 Å². The summed E-state index contributed by atoms with van der Waals surface area (Å²) in [6.45, 7) is 0. The second kappa shape index (κ2) is 1.97. The molecular weight excluding hydrogens is 164 g/mol.